The highest BCUT2D eigenvalue weighted by Gasteiger charge is 2.20. The van der Waals surface area contributed by atoms with Gasteiger partial charge in [-0.25, -0.2) is 0 Å². The monoisotopic (exact) mass is 295 g/mol. The lowest BCUT2D eigenvalue weighted by molar-refractivity contribution is -0.132. The van der Waals surface area contributed by atoms with E-state index in [9.17, 15) is 4.79 Å². The van der Waals surface area contributed by atoms with E-state index in [-0.39, 0.29) is 5.91 Å². The average Bonchev–Trinajstić information content (AvgIpc) is 2.45. The van der Waals surface area contributed by atoms with E-state index in [1.54, 1.807) is 0 Å². The van der Waals surface area contributed by atoms with Gasteiger partial charge in [-0.05, 0) is 58.7 Å². The van der Waals surface area contributed by atoms with Crippen LogP contribution < -0.4 is 5.32 Å². The summed E-state index contributed by atoms with van der Waals surface area (Å²) in [5.41, 5.74) is 1.05. The summed E-state index contributed by atoms with van der Waals surface area (Å²) in [6, 6.07) is 0. The van der Waals surface area contributed by atoms with Crippen LogP contribution in [-0.4, -0.2) is 61.5 Å². The van der Waals surface area contributed by atoms with E-state index in [0.29, 0.717) is 19.0 Å². The summed E-state index contributed by atoms with van der Waals surface area (Å²) in [6.07, 6.45) is 3.64. The number of nitrogens with one attached hydrogen (secondary N) is 1. The summed E-state index contributed by atoms with van der Waals surface area (Å²) in [7, 11) is 0. The highest BCUT2D eigenvalue weighted by atomic mass is 16.2. The number of hydrogen-bond acceptors (Lipinski definition) is 3. The number of likely N-dealkylation sites (N-methyl/N-ethyl adjacent to an activating group) is 1. The molecule has 1 aliphatic rings. The molecule has 0 aromatic carbocycles. The van der Waals surface area contributed by atoms with Crippen molar-refractivity contribution < 1.29 is 4.79 Å². The van der Waals surface area contributed by atoms with E-state index >= 15 is 0 Å². The Morgan fingerprint density at radius 1 is 1.33 bits per heavy atom. The lowest BCUT2D eigenvalue weighted by atomic mass is 9.99. The molecule has 1 saturated heterocycles. The molecule has 1 amide bonds. The molecule has 0 bridgehead atoms. The van der Waals surface area contributed by atoms with Crippen LogP contribution in [0.2, 0.25) is 0 Å². The number of rotatable bonds is 9. The highest BCUT2D eigenvalue weighted by Crippen LogP contribution is 2.12. The van der Waals surface area contributed by atoms with Crippen molar-refractivity contribution in [3.05, 3.63) is 12.2 Å². The zero-order valence-electron chi connectivity index (χ0n) is 14.2. The fourth-order valence-corrected chi connectivity index (χ4v) is 2.99. The van der Waals surface area contributed by atoms with Gasteiger partial charge in [0.15, 0.2) is 0 Å². The van der Waals surface area contributed by atoms with Crippen molar-refractivity contribution >= 4 is 5.91 Å². The van der Waals surface area contributed by atoms with Gasteiger partial charge in [0.2, 0.25) is 5.91 Å². The molecule has 0 aromatic rings. The minimum absolute atomic E-state index is 0.234. The molecule has 1 heterocycles. The Hall–Kier alpha value is -0.870. The summed E-state index contributed by atoms with van der Waals surface area (Å²) in [5, 5.41) is 3.46. The molecule has 21 heavy (non-hydrogen) atoms. The molecule has 1 N–H and O–H groups in total. The Labute approximate surface area is 130 Å². The first-order valence-corrected chi connectivity index (χ1v) is 8.42. The first-order chi connectivity index (χ1) is 10.1. The van der Waals surface area contributed by atoms with Crippen LogP contribution in [0.15, 0.2) is 12.2 Å². The lowest BCUT2D eigenvalue weighted by Crippen LogP contribution is -2.44. The van der Waals surface area contributed by atoms with E-state index in [1.807, 2.05) is 18.7 Å². The van der Waals surface area contributed by atoms with Gasteiger partial charge >= 0.3 is 0 Å². The highest BCUT2D eigenvalue weighted by molar-refractivity contribution is 5.78. The molecule has 122 valence electrons. The van der Waals surface area contributed by atoms with Gasteiger partial charge in [0.1, 0.15) is 0 Å². The van der Waals surface area contributed by atoms with Crippen molar-refractivity contribution in [2.75, 3.05) is 45.8 Å². The number of piperidine rings is 1. The minimum atomic E-state index is 0.234. The zero-order chi connectivity index (χ0) is 15.7. The topological polar surface area (TPSA) is 35.6 Å². The van der Waals surface area contributed by atoms with E-state index in [2.05, 4.69) is 23.7 Å². The van der Waals surface area contributed by atoms with Gasteiger partial charge in [0, 0.05) is 19.6 Å². The Morgan fingerprint density at radius 3 is 2.62 bits per heavy atom. The molecule has 0 spiro atoms. The summed E-state index contributed by atoms with van der Waals surface area (Å²) >= 11 is 0. The van der Waals surface area contributed by atoms with Gasteiger partial charge in [-0.2, -0.15) is 0 Å². The van der Waals surface area contributed by atoms with E-state index in [0.717, 1.165) is 44.7 Å². The van der Waals surface area contributed by atoms with E-state index in [4.69, 9.17) is 0 Å². The van der Waals surface area contributed by atoms with Crippen molar-refractivity contribution in [1.82, 2.24) is 15.1 Å². The van der Waals surface area contributed by atoms with Crippen LogP contribution >= 0.6 is 0 Å². The Morgan fingerprint density at radius 2 is 2.10 bits per heavy atom. The fourth-order valence-electron chi connectivity index (χ4n) is 2.99. The lowest BCUT2D eigenvalue weighted by Gasteiger charge is -2.31. The number of hydrogen-bond donors (Lipinski definition) is 1. The number of amides is 1. The molecule has 1 unspecified atom stereocenters. The standard InChI is InChI=1S/C17H33N3O/c1-5-10-19(13-16-8-7-9-18-11-16)14-17(21)20(6-2)12-15(3)4/h16,18H,3,5-14H2,1-2,4H3. The Bertz CT molecular complexity index is 324. The third-order valence-corrected chi connectivity index (χ3v) is 4.01. The number of nitrogens with zero attached hydrogens (tertiary/aromatic N) is 2. The molecule has 1 rings (SSSR count). The van der Waals surface area contributed by atoms with Crippen molar-refractivity contribution in [3.8, 4) is 0 Å². The molecule has 1 aliphatic heterocycles. The van der Waals surface area contributed by atoms with Gasteiger partial charge < -0.3 is 10.2 Å². The first-order valence-electron chi connectivity index (χ1n) is 8.42. The van der Waals surface area contributed by atoms with Crippen LogP contribution in [0.1, 0.15) is 40.0 Å². The van der Waals surface area contributed by atoms with E-state index < -0.39 is 0 Å². The van der Waals surface area contributed by atoms with Crippen LogP contribution in [0.25, 0.3) is 0 Å². The summed E-state index contributed by atoms with van der Waals surface area (Å²) in [5.74, 6) is 0.923. The van der Waals surface area contributed by atoms with Gasteiger partial charge in [0.05, 0.1) is 6.54 Å². The maximum atomic E-state index is 12.5. The fraction of sp³-hybridized carbons (Fsp3) is 0.824. The van der Waals surface area contributed by atoms with Crippen LogP contribution in [-0.2, 0) is 4.79 Å². The second-order valence-corrected chi connectivity index (χ2v) is 6.31. The zero-order valence-corrected chi connectivity index (χ0v) is 14.2. The number of carbonyl (C=O) groups is 1. The SMILES string of the molecule is C=C(C)CN(CC)C(=O)CN(CCC)CC1CCCNC1. The van der Waals surface area contributed by atoms with Crippen molar-refractivity contribution in [2.45, 2.75) is 40.0 Å². The van der Waals surface area contributed by atoms with Crippen molar-refractivity contribution in [2.24, 2.45) is 5.92 Å². The normalized spacial score (nSPS) is 18.8. The van der Waals surface area contributed by atoms with Crippen molar-refractivity contribution in [3.63, 3.8) is 0 Å². The molecule has 1 atom stereocenters. The third-order valence-electron chi connectivity index (χ3n) is 4.01. The molecule has 4 heteroatoms. The van der Waals surface area contributed by atoms with E-state index in [1.165, 1.54) is 12.8 Å². The summed E-state index contributed by atoms with van der Waals surface area (Å²) < 4.78 is 0. The van der Waals surface area contributed by atoms with Gasteiger partial charge in [-0.3, -0.25) is 9.69 Å². The number of carbonyl (C=O) groups excluding carboxylic acids is 1. The first kappa shape index (κ1) is 18.2. The molecular formula is C17H33N3O. The molecule has 0 aromatic heterocycles. The Balaban J connectivity index is 2.50. The van der Waals surface area contributed by atoms with Gasteiger partial charge in [0.25, 0.3) is 0 Å². The smallest absolute Gasteiger partial charge is 0.237 e. The molecule has 0 aliphatic carbocycles. The summed E-state index contributed by atoms with van der Waals surface area (Å²) in [6.45, 7) is 16.4. The van der Waals surface area contributed by atoms with Crippen LogP contribution in [0.4, 0.5) is 0 Å². The van der Waals surface area contributed by atoms with Gasteiger partial charge in [-0.15, -0.1) is 0 Å². The molecular weight excluding hydrogens is 262 g/mol. The average molecular weight is 295 g/mol. The molecule has 4 nitrogen and oxygen atoms in total. The van der Waals surface area contributed by atoms with Gasteiger partial charge in [-0.1, -0.05) is 19.1 Å². The van der Waals surface area contributed by atoms with Crippen molar-refractivity contribution in [1.29, 1.82) is 0 Å². The largest absolute Gasteiger partial charge is 0.338 e. The molecule has 0 saturated carbocycles. The second-order valence-electron chi connectivity index (χ2n) is 6.31. The molecule has 0 radical (unpaired) electrons. The predicted octanol–water partition coefficient (Wildman–Crippen LogP) is 2.12. The quantitative estimate of drug-likeness (QED) is 0.662. The summed E-state index contributed by atoms with van der Waals surface area (Å²) in [4.78, 5) is 16.7. The van der Waals surface area contributed by atoms with Crippen LogP contribution in [0, 0.1) is 5.92 Å². The third kappa shape index (κ3) is 7.09. The maximum Gasteiger partial charge on any atom is 0.237 e. The minimum Gasteiger partial charge on any atom is -0.338 e. The Kier molecular flexibility index (Phi) is 8.62. The predicted molar refractivity (Wildman–Crippen MR) is 89.4 cm³/mol. The second kappa shape index (κ2) is 9.96. The maximum absolute atomic E-state index is 12.5. The molecule has 1 fully saturated rings. The van der Waals surface area contributed by atoms with Crippen LogP contribution in [0.3, 0.4) is 0 Å². The van der Waals surface area contributed by atoms with Crippen LogP contribution in [0.5, 0.6) is 0 Å².